The van der Waals surface area contributed by atoms with Crippen molar-refractivity contribution < 1.29 is 4.74 Å². The van der Waals surface area contributed by atoms with E-state index in [9.17, 15) is 0 Å². The van der Waals surface area contributed by atoms with Crippen LogP contribution in [0.3, 0.4) is 0 Å². The number of ether oxygens (including phenoxy) is 1. The van der Waals surface area contributed by atoms with Crippen LogP contribution in [0.5, 0.6) is 11.6 Å². The average Bonchev–Trinajstić information content (AvgIpc) is 2.34. The molecule has 0 fully saturated rings. The molecular weight excluding hydrogens is 372 g/mol. The highest BCUT2D eigenvalue weighted by molar-refractivity contribution is 9.11. The Labute approximate surface area is 129 Å². The summed E-state index contributed by atoms with van der Waals surface area (Å²) in [6, 6.07) is 9.70. The van der Waals surface area contributed by atoms with Crippen molar-refractivity contribution in [2.24, 2.45) is 5.73 Å². The monoisotopic (exact) mass is 384 g/mol. The van der Waals surface area contributed by atoms with Gasteiger partial charge in [0.2, 0.25) is 5.88 Å². The van der Waals surface area contributed by atoms with Crippen LogP contribution in [-0.4, -0.2) is 11.0 Å². The van der Waals surface area contributed by atoms with Crippen molar-refractivity contribution in [3.05, 3.63) is 51.0 Å². The zero-order valence-corrected chi connectivity index (χ0v) is 13.6. The van der Waals surface area contributed by atoms with Crippen LogP contribution in [0.2, 0.25) is 0 Å². The minimum absolute atomic E-state index is 0.134. The molecule has 0 spiro atoms. The first-order chi connectivity index (χ1) is 9.04. The number of nitrogens with zero attached hydrogens (tertiary/aromatic N) is 1. The van der Waals surface area contributed by atoms with Crippen molar-refractivity contribution in [1.82, 2.24) is 4.98 Å². The van der Waals surface area contributed by atoms with Gasteiger partial charge in [0, 0.05) is 22.8 Å². The molecule has 0 aliphatic heterocycles. The standard InChI is InChI=1S/C14H14Br2N2O/c1-9(17)6-10-2-5-14(18-8-10)19-13-4-3-11(15)7-12(13)16/h2-5,7-9H,6,17H2,1H3. The van der Waals surface area contributed by atoms with E-state index in [2.05, 4.69) is 36.8 Å². The summed E-state index contributed by atoms with van der Waals surface area (Å²) in [4.78, 5) is 4.28. The molecule has 1 unspecified atom stereocenters. The third-order valence-corrected chi connectivity index (χ3v) is 3.58. The lowest BCUT2D eigenvalue weighted by atomic mass is 10.1. The first-order valence-corrected chi connectivity index (χ1v) is 7.46. The molecule has 1 heterocycles. The molecule has 2 aromatic rings. The second-order valence-electron chi connectivity index (χ2n) is 4.36. The van der Waals surface area contributed by atoms with E-state index in [0.29, 0.717) is 5.88 Å². The molecule has 0 amide bonds. The number of aromatic nitrogens is 1. The molecule has 5 heteroatoms. The summed E-state index contributed by atoms with van der Waals surface area (Å²) in [5, 5.41) is 0. The Hall–Kier alpha value is -0.910. The zero-order chi connectivity index (χ0) is 13.8. The highest BCUT2D eigenvalue weighted by Gasteiger charge is 2.05. The summed E-state index contributed by atoms with van der Waals surface area (Å²) in [7, 11) is 0. The lowest BCUT2D eigenvalue weighted by Crippen LogP contribution is -2.17. The molecule has 19 heavy (non-hydrogen) atoms. The normalized spacial score (nSPS) is 12.2. The van der Waals surface area contributed by atoms with Crippen LogP contribution < -0.4 is 10.5 Å². The molecule has 0 saturated carbocycles. The molecule has 0 saturated heterocycles. The largest absolute Gasteiger partial charge is 0.438 e. The average molecular weight is 386 g/mol. The van der Waals surface area contributed by atoms with Crippen LogP contribution in [0.15, 0.2) is 45.5 Å². The number of hydrogen-bond donors (Lipinski definition) is 1. The van der Waals surface area contributed by atoms with Crippen LogP contribution in [0.25, 0.3) is 0 Å². The Morgan fingerprint density at radius 1 is 1.26 bits per heavy atom. The topological polar surface area (TPSA) is 48.1 Å². The number of hydrogen-bond acceptors (Lipinski definition) is 3. The lowest BCUT2D eigenvalue weighted by Gasteiger charge is -2.08. The summed E-state index contributed by atoms with van der Waals surface area (Å²) in [6.07, 6.45) is 2.61. The fourth-order valence-corrected chi connectivity index (χ4v) is 2.76. The van der Waals surface area contributed by atoms with Gasteiger partial charge in [-0.1, -0.05) is 22.0 Å². The Balaban J connectivity index is 2.10. The summed E-state index contributed by atoms with van der Waals surface area (Å²) in [6.45, 7) is 1.98. The summed E-state index contributed by atoms with van der Waals surface area (Å²) in [5.74, 6) is 1.30. The maximum absolute atomic E-state index is 5.75. The van der Waals surface area contributed by atoms with Gasteiger partial charge in [0.05, 0.1) is 4.47 Å². The molecular formula is C14H14Br2N2O. The van der Waals surface area contributed by atoms with Gasteiger partial charge < -0.3 is 10.5 Å². The zero-order valence-electron chi connectivity index (χ0n) is 10.4. The SMILES string of the molecule is CC(N)Cc1ccc(Oc2ccc(Br)cc2Br)nc1. The van der Waals surface area contributed by atoms with E-state index in [-0.39, 0.29) is 6.04 Å². The van der Waals surface area contributed by atoms with Gasteiger partial charge in [-0.05, 0) is 53.0 Å². The number of halogens is 2. The van der Waals surface area contributed by atoms with E-state index in [0.717, 1.165) is 26.7 Å². The quantitative estimate of drug-likeness (QED) is 0.853. The van der Waals surface area contributed by atoms with Gasteiger partial charge in [-0.3, -0.25) is 0 Å². The van der Waals surface area contributed by atoms with Crippen molar-refractivity contribution in [3.8, 4) is 11.6 Å². The molecule has 0 aliphatic carbocycles. The van der Waals surface area contributed by atoms with Gasteiger partial charge in [0.1, 0.15) is 5.75 Å². The van der Waals surface area contributed by atoms with Crippen molar-refractivity contribution in [2.75, 3.05) is 0 Å². The lowest BCUT2D eigenvalue weighted by molar-refractivity contribution is 0.459. The van der Waals surface area contributed by atoms with E-state index in [1.165, 1.54) is 0 Å². The van der Waals surface area contributed by atoms with Crippen LogP contribution >= 0.6 is 31.9 Å². The fourth-order valence-electron chi connectivity index (χ4n) is 1.63. The Bertz CT molecular complexity index is 556. The highest BCUT2D eigenvalue weighted by Crippen LogP contribution is 2.31. The molecule has 100 valence electrons. The number of rotatable bonds is 4. The maximum atomic E-state index is 5.75. The van der Waals surface area contributed by atoms with Gasteiger partial charge in [-0.15, -0.1) is 0 Å². The number of pyridine rings is 1. The Morgan fingerprint density at radius 2 is 2.05 bits per heavy atom. The summed E-state index contributed by atoms with van der Waals surface area (Å²) in [5.41, 5.74) is 6.86. The predicted octanol–water partition coefficient (Wildman–Crippen LogP) is 4.29. The molecule has 3 nitrogen and oxygen atoms in total. The molecule has 2 rings (SSSR count). The Kier molecular flexibility index (Phi) is 4.96. The van der Waals surface area contributed by atoms with Crippen molar-refractivity contribution in [2.45, 2.75) is 19.4 Å². The molecule has 0 radical (unpaired) electrons. The van der Waals surface area contributed by atoms with Gasteiger partial charge >= 0.3 is 0 Å². The van der Waals surface area contributed by atoms with E-state index in [1.54, 1.807) is 6.20 Å². The first kappa shape index (κ1) is 14.5. The first-order valence-electron chi connectivity index (χ1n) is 5.88. The highest BCUT2D eigenvalue weighted by atomic mass is 79.9. The van der Waals surface area contributed by atoms with E-state index < -0.39 is 0 Å². The minimum Gasteiger partial charge on any atom is -0.438 e. The summed E-state index contributed by atoms with van der Waals surface area (Å²) < 4.78 is 7.58. The van der Waals surface area contributed by atoms with Crippen LogP contribution in [0.1, 0.15) is 12.5 Å². The number of nitrogens with two attached hydrogens (primary N) is 1. The molecule has 1 aromatic heterocycles. The molecule has 2 N–H and O–H groups in total. The number of benzene rings is 1. The van der Waals surface area contributed by atoms with E-state index in [1.807, 2.05) is 37.3 Å². The van der Waals surface area contributed by atoms with Gasteiger partial charge in [0.25, 0.3) is 0 Å². The van der Waals surface area contributed by atoms with Crippen molar-refractivity contribution >= 4 is 31.9 Å². The smallest absolute Gasteiger partial charge is 0.219 e. The fraction of sp³-hybridized carbons (Fsp3) is 0.214. The van der Waals surface area contributed by atoms with Gasteiger partial charge in [-0.25, -0.2) is 4.98 Å². The van der Waals surface area contributed by atoms with Crippen LogP contribution in [-0.2, 0) is 6.42 Å². The Morgan fingerprint density at radius 3 is 2.63 bits per heavy atom. The van der Waals surface area contributed by atoms with Crippen LogP contribution in [0.4, 0.5) is 0 Å². The van der Waals surface area contributed by atoms with E-state index >= 15 is 0 Å². The molecule has 1 aromatic carbocycles. The van der Waals surface area contributed by atoms with Gasteiger partial charge in [-0.2, -0.15) is 0 Å². The summed E-state index contributed by atoms with van der Waals surface area (Å²) >= 11 is 6.85. The van der Waals surface area contributed by atoms with E-state index in [4.69, 9.17) is 10.5 Å². The second kappa shape index (κ2) is 6.50. The third kappa shape index (κ3) is 4.30. The third-order valence-electron chi connectivity index (χ3n) is 2.46. The van der Waals surface area contributed by atoms with Crippen molar-refractivity contribution in [3.63, 3.8) is 0 Å². The minimum atomic E-state index is 0.134. The molecule has 0 aliphatic rings. The van der Waals surface area contributed by atoms with Gasteiger partial charge in [0.15, 0.2) is 0 Å². The van der Waals surface area contributed by atoms with Crippen LogP contribution in [0, 0.1) is 0 Å². The molecule has 1 atom stereocenters. The van der Waals surface area contributed by atoms with Crippen molar-refractivity contribution in [1.29, 1.82) is 0 Å². The maximum Gasteiger partial charge on any atom is 0.219 e. The second-order valence-corrected chi connectivity index (χ2v) is 6.13. The molecule has 0 bridgehead atoms. The predicted molar refractivity (Wildman–Crippen MR) is 83.5 cm³/mol.